The highest BCUT2D eigenvalue weighted by atomic mass is 16.5. The quantitative estimate of drug-likeness (QED) is 0.735. The van der Waals surface area contributed by atoms with E-state index in [9.17, 15) is 14.4 Å². The minimum absolute atomic E-state index is 0.150. The first-order valence-electron chi connectivity index (χ1n) is 9.06. The third kappa shape index (κ3) is 3.30. The monoisotopic (exact) mass is 366 g/mol. The summed E-state index contributed by atoms with van der Waals surface area (Å²) in [5, 5.41) is 0. The number of ether oxygens (including phenoxy) is 1. The summed E-state index contributed by atoms with van der Waals surface area (Å²) >= 11 is 0. The Hall–Kier alpha value is -3.15. The van der Waals surface area contributed by atoms with E-state index in [1.165, 1.54) is 6.07 Å². The highest BCUT2D eigenvalue weighted by Crippen LogP contribution is 2.30. The Kier molecular flexibility index (Phi) is 5.26. The molecular formula is C21H22N2O4. The average Bonchev–Trinajstić information content (AvgIpc) is 2.94. The maximum Gasteiger partial charge on any atom is 0.266 e. The lowest BCUT2D eigenvalue weighted by Crippen LogP contribution is -2.30. The predicted molar refractivity (Wildman–Crippen MR) is 102 cm³/mol. The third-order valence-electron chi connectivity index (χ3n) is 4.59. The molecule has 0 bridgehead atoms. The van der Waals surface area contributed by atoms with E-state index in [-0.39, 0.29) is 17.4 Å². The lowest BCUT2D eigenvalue weighted by atomic mass is 10.0. The number of imide groups is 1. The SMILES string of the molecule is CCOc1ccc(N2C(=O)c3ccc(C(=O)N(CC)CC)cc3C2=O)cc1. The Balaban J connectivity index is 1.92. The molecule has 1 aliphatic heterocycles. The first-order valence-corrected chi connectivity index (χ1v) is 9.06. The highest BCUT2D eigenvalue weighted by Gasteiger charge is 2.37. The summed E-state index contributed by atoms with van der Waals surface area (Å²) in [6, 6.07) is 11.5. The van der Waals surface area contributed by atoms with Crippen LogP contribution >= 0.6 is 0 Å². The van der Waals surface area contributed by atoms with Gasteiger partial charge in [-0.3, -0.25) is 14.4 Å². The molecular weight excluding hydrogens is 344 g/mol. The van der Waals surface area contributed by atoms with Crippen molar-refractivity contribution in [3.05, 3.63) is 59.2 Å². The molecule has 0 atom stereocenters. The molecule has 6 nitrogen and oxygen atoms in total. The molecule has 0 fully saturated rings. The van der Waals surface area contributed by atoms with Crippen molar-refractivity contribution in [2.24, 2.45) is 0 Å². The fraction of sp³-hybridized carbons (Fsp3) is 0.286. The van der Waals surface area contributed by atoms with Crippen LogP contribution in [0.1, 0.15) is 51.8 Å². The molecule has 0 unspecified atom stereocenters. The fourth-order valence-corrected chi connectivity index (χ4v) is 3.16. The Bertz CT molecular complexity index is 886. The summed E-state index contributed by atoms with van der Waals surface area (Å²) < 4.78 is 5.39. The van der Waals surface area contributed by atoms with E-state index in [2.05, 4.69) is 0 Å². The van der Waals surface area contributed by atoms with Gasteiger partial charge in [-0.2, -0.15) is 0 Å². The van der Waals surface area contributed by atoms with E-state index in [1.807, 2.05) is 20.8 Å². The zero-order chi connectivity index (χ0) is 19.6. The second kappa shape index (κ2) is 7.61. The van der Waals surface area contributed by atoms with Crippen molar-refractivity contribution in [1.82, 2.24) is 4.90 Å². The second-order valence-electron chi connectivity index (χ2n) is 6.11. The number of amides is 3. The van der Waals surface area contributed by atoms with Gasteiger partial charge in [0.2, 0.25) is 0 Å². The second-order valence-corrected chi connectivity index (χ2v) is 6.11. The zero-order valence-corrected chi connectivity index (χ0v) is 15.7. The van der Waals surface area contributed by atoms with Gasteiger partial charge in [0.1, 0.15) is 5.75 Å². The van der Waals surface area contributed by atoms with Crippen LogP contribution in [0, 0.1) is 0 Å². The molecule has 6 heteroatoms. The number of anilines is 1. The number of hydrogen-bond donors (Lipinski definition) is 0. The maximum atomic E-state index is 12.9. The minimum Gasteiger partial charge on any atom is -0.494 e. The summed E-state index contributed by atoms with van der Waals surface area (Å²) in [7, 11) is 0. The van der Waals surface area contributed by atoms with Gasteiger partial charge < -0.3 is 9.64 Å². The molecule has 3 amide bonds. The number of nitrogens with zero attached hydrogens (tertiary/aromatic N) is 2. The van der Waals surface area contributed by atoms with Crippen LogP contribution in [0.2, 0.25) is 0 Å². The Labute approximate surface area is 158 Å². The smallest absolute Gasteiger partial charge is 0.266 e. The zero-order valence-electron chi connectivity index (χ0n) is 15.7. The molecule has 0 spiro atoms. The van der Waals surface area contributed by atoms with Crippen LogP contribution in [-0.4, -0.2) is 42.3 Å². The minimum atomic E-state index is -0.423. The molecule has 140 valence electrons. The first-order chi connectivity index (χ1) is 13.0. The lowest BCUT2D eigenvalue weighted by molar-refractivity contribution is 0.0772. The van der Waals surface area contributed by atoms with Crippen molar-refractivity contribution < 1.29 is 19.1 Å². The van der Waals surface area contributed by atoms with Gasteiger partial charge in [-0.05, 0) is 63.2 Å². The number of carbonyl (C=O) groups excluding carboxylic acids is 3. The number of rotatable bonds is 6. The molecule has 2 aromatic rings. The molecule has 0 radical (unpaired) electrons. The maximum absolute atomic E-state index is 12.9. The number of fused-ring (bicyclic) bond motifs is 1. The number of hydrogen-bond acceptors (Lipinski definition) is 4. The van der Waals surface area contributed by atoms with Gasteiger partial charge in [0.05, 0.1) is 23.4 Å². The number of carbonyl (C=O) groups is 3. The van der Waals surface area contributed by atoms with E-state index < -0.39 is 5.91 Å². The van der Waals surface area contributed by atoms with Gasteiger partial charge in [-0.25, -0.2) is 4.90 Å². The van der Waals surface area contributed by atoms with Crippen LogP contribution in [0.3, 0.4) is 0 Å². The van der Waals surface area contributed by atoms with Crippen LogP contribution in [0.15, 0.2) is 42.5 Å². The molecule has 0 saturated carbocycles. The topological polar surface area (TPSA) is 66.9 Å². The highest BCUT2D eigenvalue weighted by molar-refractivity contribution is 6.34. The third-order valence-corrected chi connectivity index (χ3v) is 4.59. The largest absolute Gasteiger partial charge is 0.494 e. The van der Waals surface area contributed by atoms with E-state index in [0.29, 0.717) is 42.3 Å². The van der Waals surface area contributed by atoms with Crippen molar-refractivity contribution in [2.75, 3.05) is 24.6 Å². The van der Waals surface area contributed by atoms with E-state index in [4.69, 9.17) is 4.74 Å². The van der Waals surface area contributed by atoms with Crippen LogP contribution < -0.4 is 9.64 Å². The first kappa shape index (κ1) is 18.6. The summed E-state index contributed by atoms with van der Waals surface area (Å²) in [6.45, 7) is 7.38. The molecule has 0 aliphatic carbocycles. The standard InChI is InChI=1S/C21H22N2O4/c1-4-22(5-2)19(24)14-7-12-17-18(13-14)21(26)23(20(17)25)15-8-10-16(11-9-15)27-6-3/h7-13H,4-6H2,1-3H3. The van der Waals surface area contributed by atoms with Gasteiger partial charge in [-0.1, -0.05) is 0 Å². The fourth-order valence-electron chi connectivity index (χ4n) is 3.16. The van der Waals surface area contributed by atoms with E-state index in [0.717, 1.165) is 4.90 Å². The van der Waals surface area contributed by atoms with Gasteiger partial charge in [0.25, 0.3) is 17.7 Å². The summed E-state index contributed by atoms with van der Waals surface area (Å²) in [5.41, 5.74) is 1.45. The van der Waals surface area contributed by atoms with Gasteiger partial charge >= 0.3 is 0 Å². The lowest BCUT2D eigenvalue weighted by Gasteiger charge is -2.18. The molecule has 0 N–H and O–H groups in total. The normalized spacial score (nSPS) is 12.9. The summed E-state index contributed by atoms with van der Waals surface area (Å²) in [5.74, 6) is -0.290. The van der Waals surface area contributed by atoms with Crippen LogP contribution in [0.4, 0.5) is 5.69 Å². The van der Waals surface area contributed by atoms with Crippen molar-refractivity contribution in [3.8, 4) is 5.75 Å². The van der Waals surface area contributed by atoms with Crippen LogP contribution in [0.5, 0.6) is 5.75 Å². The Morgan fingerprint density at radius 1 is 0.926 bits per heavy atom. The van der Waals surface area contributed by atoms with Crippen molar-refractivity contribution in [2.45, 2.75) is 20.8 Å². The van der Waals surface area contributed by atoms with Crippen molar-refractivity contribution in [1.29, 1.82) is 0 Å². The van der Waals surface area contributed by atoms with Crippen molar-refractivity contribution >= 4 is 23.4 Å². The van der Waals surface area contributed by atoms with Crippen molar-refractivity contribution in [3.63, 3.8) is 0 Å². The molecule has 1 heterocycles. The van der Waals surface area contributed by atoms with E-state index >= 15 is 0 Å². The molecule has 27 heavy (non-hydrogen) atoms. The van der Waals surface area contributed by atoms with Crippen LogP contribution in [0.25, 0.3) is 0 Å². The summed E-state index contributed by atoms with van der Waals surface area (Å²) in [6.07, 6.45) is 0. The summed E-state index contributed by atoms with van der Waals surface area (Å²) in [4.78, 5) is 40.9. The Morgan fingerprint density at radius 3 is 2.15 bits per heavy atom. The van der Waals surface area contributed by atoms with Gasteiger partial charge in [0.15, 0.2) is 0 Å². The molecule has 1 aliphatic rings. The van der Waals surface area contributed by atoms with Gasteiger partial charge in [-0.15, -0.1) is 0 Å². The molecule has 0 aromatic heterocycles. The Morgan fingerprint density at radius 2 is 1.56 bits per heavy atom. The predicted octanol–water partition coefficient (Wildman–Crippen LogP) is 3.37. The number of benzene rings is 2. The molecule has 0 saturated heterocycles. The van der Waals surface area contributed by atoms with Crippen LogP contribution in [-0.2, 0) is 0 Å². The van der Waals surface area contributed by atoms with Gasteiger partial charge in [0, 0.05) is 18.7 Å². The van der Waals surface area contributed by atoms with E-state index in [1.54, 1.807) is 41.3 Å². The average molecular weight is 366 g/mol. The molecule has 3 rings (SSSR count). The molecule has 2 aromatic carbocycles.